The summed E-state index contributed by atoms with van der Waals surface area (Å²) in [5, 5.41) is 10.3. The quantitative estimate of drug-likeness (QED) is 0.901. The molecule has 1 N–H and O–H groups in total. The predicted molar refractivity (Wildman–Crippen MR) is 89.0 cm³/mol. The van der Waals surface area contributed by atoms with Gasteiger partial charge in [0.1, 0.15) is 12.7 Å². The average Bonchev–Trinajstić information content (AvgIpc) is 2.66. The van der Waals surface area contributed by atoms with Crippen LogP contribution >= 0.6 is 0 Å². The van der Waals surface area contributed by atoms with Gasteiger partial charge in [-0.3, -0.25) is 4.90 Å². The number of β-amino-alcohol motifs (C(OH)–C–C–N with tert-alkyl or cyclic N) is 1. The van der Waals surface area contributed by atoms with E-state index in [9.17, 15) is 9.50 Å². The topological polar surface area (TPSA) is 32.7 Å². The first-order chi connectivity index (χ1) is 10.8. The summed E-state index contributed by atoms with van der Waals surface area (Å²) in [4.78, 5) is 2.41. The van der Waals surface area contributed by atoms with Gasteiger partial charge >= 0.3 is 0 Å². The van der Waals surface area contributed by atoms with Crippen molar-refractivity contribution in [2.75, 3.05) is 19.7 Å². The third kappa shape index (κ3) is 3.86. The smallest absolute Gasteiger partial charge is 0.165 e. The summed E-state index contributed by atoms with van der Waals surface area (Å²) >= 11 is 0. The molecule has 0 radical (unpaired) electrons. The minimum Gasteiger partial charge on any atom is -0.488 e. The molecular formula is C19H28FNO2. The standard InChI is InChI=1S/C19H28FNO2/c1-18(2)8-14-9-19(3,12-18)13-21(14)10-15(22)11-23-17-7-5-4-6-16(17)20/h4-7,14-15,22H,8-13H2,1-3H3/t14-,15-,19+/m0/s1. The number of nitrogens with zero attached hydrogens (tertiary/aromatic N) is 1. The summed E-state index contributed by atoms with van der Waals surface area (Å²) in [6.45, 7) is 8.83. The minimum absolute atomic E-state index is 0.129. The number of hydrogen-bond acceptors (Lipinski definition) is 3. The monoisotopic (exact) mass is 321 g/mol. The molecule has 0 aromatic heterocycles. The van der Waals surface area contributed by atoms with Crippen molar-refractivity contribution < 1.29 is 14.2 Å². The number of hydrogen-bond donors (Lipinski definition) is 1. The SMILES string of the molecule is CC1(C)C[C@H]2C[C@@](C)(CN2C[C@H](O)COc2ccccc2F)C1. The molecule has 1 aromatic rings. The largest absolute Gasteiger partial charge is 0.488 e. The molecule has 0 spiro atoms. The van der Waals surface area contributed by atoms with Crippen molar-refractivity contribution in [2.24, 2.45) is 10.8 Å². The normalized spacial score (nSPS) is 31.1. The Labute approximate surface area is 138 Å². The zero-order valence-corrected chi connectivity index (χ0v) is 14.4. The number of aliphatic hydroxyl groups is 1. The number of likely N-dealkylation sites (tertiary alicyclic amines) is 1. The zero-order valence-electron chi connectivity index (χ0n) is 14.4. The number of ether oxygens (including phenoxy) is 1. The molecule has 0 unspecified atom stereocenters. The van der Waals surface area contributed by atoms with E-state index >= 15 is 0 Å². The highest BCUT2D eigenvalue weighted by Gasteiger charge is 2.49. The minimum atomic E-state index is -0.597. The average molecular weight is 321 g/mol. The van der Waals surface area contributed by atoms with Crippen molar-refractivity contribution in [2.45, 2.75) is 52.2 Å². The maximum atomic E-state index is 13.5. The summed E-state index contributed by atoms with van der Waals surface area (Å²) in [6.07, 6.45) is 3.05. The van der Waals surface area contributed by atoms with Crippen LogP contribution in [0.3, 0.4) is 0 Å². The molecule has 3 nitrogen and oxygen atoms in total. The lowest BCUT2D eigenvalue weighted by Gasteiger charge is -2.40. The second kappa shape index (κ2) is 6.06. The Morgan fingerprint density at radius 2 is 2.04 bits per heavy atom. The van der Waals surface area contributed by atoms with Gasteiger partial charge in [-0.05, 0) is 42.2 Å². The lowest BCUT2D eigenvalue weighted by atomic mass is 9.65. The van der Waals surface area contributed by atoms with Gasteiger partial charge in [-0.1, -0.05) is 32.9 Å². The maximum absolute atomic E-state index is 13.5. The number of fused-ring (bicyclic) bond motifs is 2. The Kier molecular flexibility index (Phi) is 4.41. The van der Waals surface area contributed by atoms with E-state index in [1.165, 1.54) is 25.3 Å². The van der Waals surface area contributed by atoms with E-state index in [-0.39, 0.29) is 18.2 Å². The van der Waals surface area contributed by atoms with Crippen LogP contribution in [0.5, 0.6) is 5.75 Å². The molecule has 3 rings (SSSR count). The van der Waals surface area contributed by atoms with Crippen molar-refractivity contribution in [3.8, 4) is 5.75 Å². The molecule has 2 fully saturated rings. The highest BCUT2D eigenvalue weighted by molar-refractivity contribution is 5.23. The summed E-state index contributed by atoms with van der Waals surface area (Å²) < 4.78 is 19.0. The third-order valence-electron chi connectivity index (χ3n) is 5.24. The van der Waals surface area contributed by atoms with E-state index in [2.05, 4.69) is 25.7 Å². The van der Waals surface area contributed by atoms with Gasteiger partial charge in [-0.2, -0.15) is 0 Å². The van der Waals surface area contributed by atoms with Crippen LogP contribution < -0.4 is 4.74 Å². The first kappa shape index (κ1) is 16.7. The lowest BCUT2D eigenvalue weighted by molar-refractivity contribution is 0.0573. The van der Waals surface area contributed by atoms with Crippen LogP contribution in [-0.2, 0) is 0 Å². The van der Waals surface area contributed by atoms with Crippen LogP contribution in [0.2, 0.25) is 0 Å². The van der Waals surface area contributed by atoms with E-state index < -0.39 is 6.10 Å². The highest BCUT2D eigenvalue weighted by atomic mass is 19.1. The molecule has 1 aliphatic carbocycles. The number of halogens is 1. The van der Waals surface area contributed by atoms with Gasteiger partial charge in [0.25, 0.3) is 0 Å². The van der Waals surface area contributed by atoms with Gasteiger partial charge in [0, 0.05) is 19.1 Å². The molecule has 1 saturated heterocycles. The summed E-state index contributed by atoms with van der Waals surface area (Å²) in [7, 11) is 0. The van der Waals surface area contributed by atoms with Gasteiger partial charge in [0.2, 0.25) is 0 Å². The van der Waals surface area contributed by atoms with Crippen molar-refractivity contribution in [3.63, 3.8) is 0 Å². The maximum Gasteiger partial charge on any atom is 0.165 e. The highest BCUT2D eigenvalue weighted by Crippen LogP contribution is 2.52. The first-order valence-corrected chi connectivity index (χ1v) is 8.56. The Morgan fingerprint density at radius 3 is 2.78 bits per heavy atom. The van der Waals surface area contributed by atoms with E-state index in [0.717, 1.165) is 6.54 Å². The Morgan fingerprint density at radius 1 is 1.30 bits per heavy atom. The van der Waals surface area contributed by atoms with Gasteiger partial charge < -0.3 is 9.84 Å². The number of aliphatic hydroxyl groups excluding tert-OH is 1. The van der Waals surface area contributed by atoms with Crippen molar-refractivity contribution in [1.29, 1.82) is 0 Å². The number of para-hydroxylation sites is 1. The third-order valence-corrected chi connectivity index (χ3v) is 5.24. The van der Waals surface area contributed by atoms with E-state index in [0.29, 0.717) is 23.4 Å². The molecule has 2 bridgehead atoms. The van der Waals surface area contributed by atoms with E-state index in [1.807, 2.05) is 0 Å². The van der Waals surface area contributed by atoms with Gasteiger partial charge in [-0.15, -0.1) is 0 Å². The van der Waals surface area contributed by atoms with Gasteiger partial charge in [-0.25, -0.2) is 4.39 Å². The lowest BCUT2D eigenvalue weighted by Crippen LogP contribution is -2.39. The Balaban J connectivity index is 1.55. The zero-order chi connectivity index (χ0) is 16.7. The fourth-order valence-electron chi connectivity index (χ4n) is 4.86. The second-order valence-electron chi connectivity index (χ2n) is 8.54. The molecule has 4 heteroatoms. The van der Waals surface area contributed by atoms with Crippen LogP contribution in [0, 0.1) is 16.6 Å². The van der Waals surface area contributed by atoms with Crippen LogP contribution in [-0.4, -0.2) is 41.8 Å². The van der Waals surface area contributed by atoms with Crippen molar-refractivity contribution >= 4 is 0 Å². The molecule has 1 aromatic carbocycles. The number of benzene rings is 1. The Bertz CT molecular complexity index is 562. The molecule has 128 valence electrons. The van der Waals surface area contributed by atoms with Crippen molar-refractivity contribution in [3.05, 3.63) is 30.1 Å². The molecule has 3 atom stereocenters. The Hall–Kier alpha value is -1.13. The molecule has 1 heterocycles. The summed E-state index contributed by atoms with van der Waals surface area (Å²) in [6, 6.07) is 6.87. The van der Waals surface area contributed by atoms with E-state index in [4.69, 9.17) is 4.74 Å². The van der Waals surface area contributed by atoms with Crippen LogP contribution in [0.1, 0.15) is 40.0 Å². The summed E-state index contributed by atoms with van der Waals surface area (Å²) in [5.74, 6) is -0.175. The van der Waals surface area contributed by atoms with E-state index in [1.54, 1.807) is 18.2 Å². The number of rotatable bonds is 5. The first-order valence-electron chi connectivity index (χ1n) is 8.56. The molecule has 0 amide bonds. The van der Waals surface area contributed by atoms with Crippen LogP contribution in [0.25, 0.3) is 0 Å². The second-order valence-corrected chi connectivity index (χ2v) is 8.54. The molecular weight excluding hydrogens is 293 g/mol. The fraction of sp³-hybridized carbons (Fsp3) is 0.684. The fourth-order valence-corrected chi connectivity index (χ4v) is 4.86. The molecule has 23 heavy (non-hydrogen) atoms. The van der Waals surface area contributed by atoms with Gasteiger partial charge in [0.15, 0.2) is 11.6 Å². The van der Waals surface area contributed by atoms with Crippen LogP contribution in [0.4, 0.5) is 4.39 Å². The summed E-state index contributed by atoms with van der Waals surface area (Å²) in [5.41, 5.74) is 0.736. The van der Waals surface area contributed by atoms with Crippen molar-refractivity contribution in [1.82, 2.24) is 4.90 Å². The molecule has 2 aliphatic rings. The van der Waals surface area contributed by atoms with Gasteiger partial charge in [0.05, 0.1) is 0 Å². The molecule has 1 saturated carbocycles. The molecule has 1 aliphatic heterocycles. The predicted octanol–water partition coefficient (Wildman–Crippen LogP) is 3.47. The van der Waals surface area contributed by atoms with Crippen LogP contribution in [0.15, 0.2) is 24.3 Å².